The summed E-state index contributed by atoms with van der Waals surface area (Å²) in [6.45, 7) is 2.70. The molecule has 0 atom stereocenters. The Kier molecular flexibility index (Phi) is 7.17. The van der Waals surface area contributed by atoms with Crippen LogP contribution >= 0.6 is 22.7 Å². The molecule has 166 valence electrons. The highest BCUT2D eigenvalue weighted by molar-refractivity contribution is 7.15. The Morgan fingerprint density at radius 1 is 1.06 bits per heavy atom. The van der Waals surface area contributed by atoms with Gasteiger partial charge in [-0.15, -0.1) is 20.4 Å². The molecule has 0 aliphatic carbocycles. The Labute approximate surface area is 193 Å². The maximum absolute atomic E-state index is 12.5. The maximum atomic E-state index is 12.5. The molecule has 0 radical (unpaired) electrons. The Hall–Kier alpha value is -3.18. The van der Waals surface area contributed by atoms with Crippen molar-refractivity contribution in [2.45, 2.75) is 45.6 Å². The molecule has 9 nitrogen and oxygen atoms in total. The number of aryl methyl sites for hydroxylation is 3. The number of carbonyl (C=O) groups is 1. The molecule has 0 aliphatic rings. The molecule has 0 fully saturated rings. The summed E-state index contributed by atoms with van der Waals surface area (Å²) in [5, 5.41) is 21.9. The van der Waals surface area contributed by atoms with Gasteiger partial charge in [0, 0.05) is 31.8 Å². The van der Waals surface area contributed by atoms with Crippen LogP contribution in [0, 0.1) is 6.92 Å². The summed E-state index contributed by atoms with van der Waals surface area (Å²) in [7, 11) is 0. The Bertz CT molecular complexity index is 1180. The summed E-state index contributed by atoms with van der Waals surface area (Å²) in [6.07, 6.45) is 7.65. The molecular weight excluding hydrogens is 444 g/mol. The van der Waals surface area contributed by atoms with Crippen LogP contribution in [0.15, 0.2) is 36.7 Å². The van der Waals surface area contributed by atoms with Gasteiger partial charge in [0.25, 0.3) is 0 Å². The largest absolute Gasteiger partial charge is 0.374 e. The number of imidazole rings is 1. The van der Waals surface area contributed by atoms with E-state index >= 15 is 0 Å². The molecule has 11 heteroatoms. The van der Waals surface area contributed by atoms with Crippen LogP contribution in [0.4, 0.5) is 10.3 Å². The summed E-state index contributed by atoms with van der Waals surface area (Å²) in [4.78, 5) is 16.7. The van der Waals surface area contributed by atoms with Crippen LogP contribution in [0.3, 0.4) is 0 Å². The van der Waals surface area contributed by atoms with Gasteiger partial charge in [0.05, 0.1) is 6.42 Å². The number of benzene rings is 1. The first-order valence-electron chi connectivity index (χ1n) is 10.3. The fourth-order valence-corrected chi connectivity index (χ4v) is 4.73. The predicted molar refractivity (Wildman–Crippen MR) is 126 cm³/mol. The number of amides is 1. The molecule has 3 N–H and O–H groups in total. The molecule has 3 heterocycles. The molecule has 1 aromatic carbocycles. The lowest BCUT2D eigenvalue weighted by Gasteiger charge is -2.07. The number of unbranched alkanes of at least 4 members (excludes halogenated alkanes) is 1. The number of nitrogens with zero attached hydrogens (tertiary/aromatic N) is 6. The van der Waals surface area contributed by atoms with E-state index in [1.54, 1.807) is 6.20 Å². The smallest absolute Gasteiger partial charge is 0.230 e. The van der Waals surface area contributed by atoms with E-state index in [-0.39, 0.29) is 12.3 Å². The van der Waals surface area contributed by atoms with Gasteiger partial charge in [-0.2, -0.15) is 0 Å². The SMILES string of the molecule is Cc1nccn1Cc1cccc(CC(=O)Nc2nnc(CCCCc3nnc(N)s3)s2)c1. The lowest BCUT2D eigenvalue weighted by molar-refractivity contribution is -0.115. The number of carbonyl (C=O) groups excluding carboxylic acids is 1. The van der Waals surface area contributed by atoms with Crippen LogP contribution in [0.1, 0.15) is 39.8 Å². The summed E-state index contributed by atoms with van der Waals surface area (Å²) in [6, 6.07) is 8.04. The molecule has 0 aliphatic heterocycles. The fraction of sp³-hybridized carbons (Fsp3) is 0.333. The zero-order valence-corrected chi connectivity index (χ0v) is 19.3. The number of aromatic nitrogens is 6. The van der Waals surface area contributed by atoms with Crippen molar-refractivity contribution in [1.82, 2.24) is 29.9 Å². The molecule has 0 saturated carbocycles. The van der Waals surface area contributed by atoms with E-state index in [2.05, 4.69) is 47.4 Å². The summed E-state index contributed by atoms with van der Waals surface area (Å²) in [5.74, 6) is 0.864. The van der Waals surface area contributed by atoms with Gasteiger partial charge < -0.3 is 15.6 Å². The number of nitrogen functional groups attached to an aromatic ring is 1. The van der Waals surface area contributed by atoms with Crippen LogP contribution in [0.5, 0.6) is 0 Å². The highest BCUT2D eigenvalue weighted by Gasteiger charge is 2.10. The van der Waals surface area contributed by atoms with Crippen molar-refractivity contribution in [3.05, 3.63) is 63.6 Å². The van der Waals surface area contributed by atoms with Crippen molar-refractivity contribution in [3.63, 3.8) is 0 Å². The van der Waals surface area contributed by atoms with Gasteiger partial charge in [-0.3, -0.25) is 4.79 Å². The molecule has 0 unspecified atom stereocenters. The van der Waals surface area contributed by atoms with Gasteiger partial charge in [0.1, 0.15) is 15.8 Å². The highest BCUT2D eigenvalue weighted by Crippen LogP contribution is 2.19. The quantitative estimate of drug-likeness (QED) is 0.342. The minimum atomic E-state index is -0.0995. The number of rotatable bonds is 10. The van der Waals surface area contributed by atoms with E-state index in [1.165, 1.54) is 22.7 Å². The summed E-state index contributed by atoms with van der Waals surface area (Å²) < 4.78 is 2.07. The van der Waals surface area contributed by atoms with Crippen molar-refractivity contribution in [1.29, 1.82) is 0 Å². The van der Waals surface area contributed by atoms with Gasteiger partial charge in [-0.1, -0.05) is 46.9 Å². The van der Waals surface area contributed by atoms with Gasteiger partial charge >= 0.3 is 0 Å². The molecule has 4 aromatic rings. The fourth-order valence-electron chi connectivity index (χ4n) is 3.28. The molecule has 4 rings (SSSR count). The first-order valence-corrected chi connectivity index (χ1v) is 11.9. The van der Waals surface area contributed by atoms with E-state index in [0.29, 0.717) is 10.3 Å². The highest BCUT2D eigenvalue weighted by atomic mass is 32.1. The third-order valence-corrected chi connectivity index (χ3v) is 6.57. The van der Waals surface area contributed by atoms with E-state index < -0.39 is 0 Å². The van der Waals surface area contributed by atoms with Crippen molar-refractivity contribution >= 4 is 38.8 Å². The molecule has 1 amide bonds. The Morgan fingerprint density at radius 2 is 1.81 bits per heavy atom. The second-order valence-corrected chi connectivity index (χ2v) is 9.55. The lowest BCUT2D eigenvalue weighted by Crippen LogP contribution is -2.14. The van der Waals surface area contributed by atoms with Gasteiger partial charge in [-0.25, -0.2) is 4.98 Å². The van der Waals surface area contributed by atoms with Crippen LogP contribution in [-0.2, 0) is 30.6 Å². The molecule has 32 heavy (non-hydrogen) atoms. The van der Waals surface area contributed by atoms with Gasteiger partial charge in [-0.05, 0) is 30.9 Å². The monoisotopic (exact) mass is 468 g/mol. The predicted octanol–water partition coefficient (Wildman–Crippen LogP) is 3.27. The van der Waals surface area contributed by atoms with Crippen molar-refractivity contribution in [3.8, 4) is 0 Å². The van der Waals surface area contributed by atoms with E-state index in [1.807, 2.05) is 25.3 Å². The minimum Gasteiger partial charge on any atom is -0.374 e. The molecular formula is C21H24N8OS2. The number of nitrogens with one attached hydrogen (secondary N) is 1. The maximum Gasteiger partial charge on any atom is 0.230 e. The average Bonchev–Trinajstić information content (AvgIpc) is 3.48. The number of nitrogens with two attached hydrogens (primary N) is 1. The molecule has 0 bridgehead atoms. The average molecular weight is 469 g/mol. The number of hydrogen-bond acceptors (Lipinski definition) is 9. The Morgan fingerprint density at radius 3 is 2.53 bits per heavy atom. The van der Waals surface area contributed by atoms with Crippen LogP contribution in [-0.4, -0.2) is 35.9 Å². The molecule has 0 saturated heterocycles. The van der Waals surface area contributed by atoms with Gasteiger partial charge in [0.15, 0.2) is 0 Å². The topological polar surface area (TPSA) is 124 Å². The van der Waals surface area contributed by atoms with Crippen LogP contribution in [0.25, 0.3) is 0 Å². The van der Waals surface area contributed by atoms with E-state index in [4.69, 9.17) is 5.73 Å². The number of anilines is 2. The lowest BCUT2D eigenvalue weighted by atomic mass is 10.1. The van der Waals surface area contributed by atoms with Crippen molar-refractivity contribution in [2.24, 2.45) is 0 Å². The number of hydrogen-bond donors (Lipinski definition) is 2. The van der Waals surface area contributed by atoms with E-state index in [0.717, 1.165) is 59.2 Å². The first kappa shape index (κ1) is 22.0. The Balaban J connectivity index is 1.23. The minimum absolute atomic E-state index is 0.0995. The van der Waals surface area contributed by atoms with Crippen LogP contribution in [0.2, 0.25) is 0 Å². The first-order chi connectivity index (χ1) is 15.5. The van der Waals surface area contributed by atoms with E-state index in [9.17, 15) is 4.79 Å². The summed E-state index contributed by atoms with van der Waals surface area (Å²) >= 11 is 2.85. The third kappa shape index (κ3) is 6.17. The second-order valence-electron chi connectivity index (χ2n) is 7.39. The zero-order chi connectivity index (χ0) is 22.3. The third-order valence-electron chi connectivity index (χ3n) is 4.86. The molecule has 0 spiro atoms. The molecule has 3 aromatic heterocycles. The second kappa shape index (κ2) is 10.4. The van der Waals surface area contributed by atoms with Crippen LogP contribution < -0.4 is 11.1 Å². The standard InChI is InChI=1S/C21H24N8OS2/c1-14-23-9-10-29(14)13-16-6-4-5-15(11-16)12-17(30)24-21-28-26-19(32-21)8-3-2-7-18-25-27-20(22)31-18/h4-6,9-11H,2-3,7-8,12-13H2,1H3,(H2,22,27)(H,24,28,30). The van der Waals surface area contributed by atoms with Crippen molar-refractivity contribution in [2.75, 3.05) is 11.1 Å². The summed E-state index contributed by atoms with van der Waals surface area (Å²) in [5.41, 5.74) is 7.68. The normalized spacial score (nSPS) is 11.0. The van der Waals surface area contributed by atoms with Crippen molar-refractivity contribution < 1.29 is 4.79 Å². The zero-order valence-electron chi connectivity index (χ0n) is 17.7. The van der Waals surface area contributed by atoms with Gasteiger partial charge in [0.2, 0.25) is 16.2 Å².